The SMILES string of the molecule is CCNC1(CC)CCC(C(C)C)C1. The maximum absolute atomic E-state index is 3.69. The summed E-state index contributed by atoms with van der Waals surface area (Å²) in [5, 5.41) is 3.69. The standard InChI is InChI=1S/C12H25N/c1-5-12(13-6-2)8-7-11(9-12)10(3)4/h10-11,13H,5-9H2,1-4H3. The summed E-state index contributed by atoms with van der Waals surface area (Å²) in [5.74, 6) is 1.83. The van der Waals surface area contributed by atoms with Gasteiger partial charge in [-0.15, -0.1) is 0 Å². The highest BCUT2D eigenvalue weighted by Gasteiger charge is 2.37. The van der Waals surface area contributed by atoms with Crippen LogP contribution in [0.3, 0.4) is 0 Å². The fourth-order valence-corrected chi connectivity index (χ4v) is 2.72. The summed E-state index contributed by atoms with van der Waals surface area (Å²) in [7, 11) is 0. The largest absolute Gasteiger partial charge is 0.312 e. The molecule has 0 radical (unpaired) electrons. The number of rotatable bonds is 4. The van der Waals surface area contributed by atoms with Gasteiger partial charge in [-0.05, 0) is 44.1 Å². The van der Waals surface area contributed by atoms with Crippen LogP contribution in [0.1, 0.15) is 53.4 Å². The van der Waals surface area contributed by atoms with Crippen LogP contribution in [-0.2, 0) is 0 Å². The lowest BCUT2D eigenvalue weighted by molar-refractivity contribution is 0.294. The Hall–Kier alpha value is -0.0400. The Balaban J connectivity index is 2.52. The monoisotopic (exact) mass is 183 g/mol. The van der Waals surface area contributed by atoms with Crippen LogP contribution < -0.4 is 5.32 Å². The second kappa shape index (κ2) is 4.45. The summed E-state index contributed by atoms with van der Waals surface area (Å²) in [6.45, 7) is 10.4. The topological polar surface area (TPSA) is 12.0 Å². The van der Waals surface area contributed by atoms with Gasteiger partial charge in [-0.3, -0.25) is 0 Å². The van der Waals surface area contributed by atoms with E-state index in [1.165, 1.54) is 25.7 Å². The van der Waals surface area contributed by atoms with E-state index in [4.69, 9.17) is 0 Å². The van der Waals surface area contributed by atoms with E-state index in [2.05, 4.69) is 33.0 Å². The molecule has 2 atom stereocenters. The van der Waals surface area contributed by atoms with E-state index >= 15 is 0 Å². The van der Waals surface area contributed by atoms with Crippen molar-refractivity contribution in [3.8, 4) is 0 Å². The van der Waals surface area contributed by atoms with Crippen molar-refractivity contribution in [1.29, 1.82) is 0 Å². The first-order chi connectivity index (χ1) is 6.13. The third-order valence-corrected chi connectivity index (χ3v) is 3.82. The van der Waals surface area contributed by atoms with Crippen LogP contribution in [0.5, 0.6) is 0 Å². The van der Waals surface area contributed by atoms with Crippen molar-refractivity contribution in [1.82, 2.24) is 5.32 Å². The van der Waals surface area contributed by atoms with E-state index in [0.717, 1.165) is 18.4 Å². The Bertz CT molecular complexity index is 153. The Morgan fingerprint density at radius 2 is 2.08 bits per heavy atom. The van der Waals surface area contributed by atoms with Crippen molar-refractivity contribution in [3.05, 3.63) is 0 Å². The van der Waals surface area contributed by atoms with Crippen LogP contribution in [0.25, 0.3) is 0 Å². The van der Waals surface area contributed by atoms with Gasteiger partial charge in [0.05, 0.1) is 0 Å². The van der Waals surface area contributed by atoms with Gasteiger partial charge in [0.25, 0.3) is 0 Å². The van der Waals surface area contributed by atoms with Crippen molar-refractivity contribution in [2.75, 3.05) is 6.54 Å². The molecular weight excluding hydrogens is 158 g/mol. The smallest absolute Gasteiger partial charge is 0.0181 e. The molecule has 1 nitrogen and oxygen atoms in total. The van der Waals surface area contributed by atoms with Crippen LogP contribution >= 0.6 is 0 Å². The average molecular weight is 183 g/mol. The molecule has 0 aromatic heterocycles. The van der Waals surface area contributed by atoms with Crippen molar-refractivity contribution < 1.29 is 0 Å². The normalized spacial score (nSPS) is 34.4. The van der Waals surface area contributed by atoms with E-state index < -0.39 is 0 Å². The molecule has 1 aliphatic rings. The zero-order valence-corrected chi connectivity index (χ0v) is 9.69. The molecular formula is C12H25N. The molecule has 1 saturated carbocycles. The van der Waals surface area contributed by atoms with Gasteiger partial charge in [0.2, 0.25) is 0 Å². The molecule has 2 unspecified atom stereocenters. The van der Waals surface area contributed by atoms with Crippen LogP contribution in [-0.4, -0.2) is 12.1 Å². The van der Waals surface area contributed by atoms with Crippen LogP contribution in [0.2, 0.25) is 0 Å². The van der Waals surface area contributed by atoms with E-state index in [0.29, 0.717) is 5.54 Å². The van der Waals surface area contributed by atoms with Crippen molar-refractivity contribution >= 4 is 0 Å². The molecule has 0 saturated heterocycles. The first-order valence-corrected chi connectivity index (χ1v) is 5.88. The van der Waals surface area contributed by atoms with E-state index in [1.54, 1.807) is 0 Å². The molecule has 0 spiro atoms. The van der Waals surface area contributed by atoms with Gasteiger partial charge >= 0.3 is 0 Å². The third kappa shape index (κ3) is 2.46. The Kier molecular flexibility index (Phi) is 3.78. The molecule has 78 valence electrons. The molecule has 0 heterocycles. The van der Waals surface area contributed by atoms with Crippen molar-refractivity contribution in [3.63, 3.8) is 0 Å². The Morgan fingerprint density at radius 1 is 1.38 bits per heavy atom. The maximum atomic E-state index is 3.69. The maximum Gasteiger partial charge on any atom is 0.0181 e. The zero-order chi connectivity index (χ0) is 9.90. The van der Waals surface area contributed by atoms with Crippen molar-refractivity contribution in [2.24, 2.45) is 11.8 Å². The van der Waals surface area contributed by atoms with Gasteiger partial charge in [0.1, 0.15) is 0 Å². The van der Waals surface area contributed by atoms with Crippen LogP contribution in [0, 0.1) is 11.8 Å². The molecule has 1 rings (SSSR count). The van der Waals surface area contributed by atoms with E-state index in [-0.39, 0.29) is 0 Å². The van der Waals surface area contributed by atoms with Gasteiger partial charge in [0.15, 0.2) is 0 Å². The zero-order valence-electron chi connectivity index (χ0n) is 9.69. The molecule has 13 heavy (non-hydrogen) atoms. The summed E-state index contributed by atoms with van der Waals surface area (Å²) in [4.78, 5) is 0. The highest BCUT2D eigenvalue weighted by molar-refractivity contribution is 4.95. The molecule has 0 amide bonds. The Morgan fingerprint density at radius 3 is 2.46 bits per heavy atom. The number of hydrogen-bond acceptors (Lipinski definition) is 1. The summed E-state index contributed by atoms with van der Waals surface area (Å²) in [5.41, 5.74) is 0.490. The minimum Gasteiger partial charge on any atom is -0.312 e. The average Bonchev–Trinajstić information content (AvgIpc) is 2.51. The number of nitrogens with one attached hydrogen (secondary N) is 1. The van der Waals surface area contributed by atoms with Crippen molar-refractivity contribution in [2.45, 2.75) is 58.9 Å². The van der Waals surface area contributed by atoms with E-state index in [9.17, 15) is 0 Å². The summed E-state index contributed by atoms with van der Waals surface area (Å²) in [6, 6.07) is 0. The van der Waals surface area contributed by atoms with Gasteiger partial charge in [-0.1, -0.05) is 27.7 Å². The minimum absolute atomic E-state index is 0.490. The van der Waals surface area contributed by atoms with Crippen LogP contribution in [0.4, 0.5) is 0 Å². The lowest BCUT2D eigenvalue weighted by Gasteiger charge is -2.29. The second-order valence-electron chi connectivity index (χ2n) is 4.91. The van der Waals surface area contributed by atoms with Gasteiger partial charge < -0.3 is 5.32 Å². The lowest BCUT2D eigenvalue weighted by atomic mass is 9.89. The molecule has 0 aromatic rings. The second-order valence-corrected chi connectivity index (χ2v) is 4.91. The number of hydrogen-bond donors (Lipinski definition) is 1. The third-order valence-electron chi connectivity index (χ3n) is 3.82. The minimum atomic E-state index is 0.490. The predicted molar refractivity (Wildman–Crippen MR) is 58.9 cm³/mol. The van der Waals surface area contributed by atoms with Gasteiger partial charge in [-0.2, -0.15) is 0 Å². The highest BCUT2D eigenvalue weighted by Crippen LogP contribution is 2.40. The molecule has 0 aliphatic heterocycles. The molecule has 1 heteroatoms. The first kappa shape index (κ1) is 11.0. The van der Waals surface area contributed by atoms with Gasteiger partial charge in [0, 0.05) is 5.54 Å². The molecule has 1 N–H and O–H groups in total. The predicted octanol–water partition coefficient (Wildman–Crippen LogP) is 3.20. The fourth-order valence-electron chi connectivity index (χ4n) is 2.72. The highest BCUT2D eigenvalue weighted by atomic mass is 15.0. The van der Waals surface area contributed by atoms with Crippen LogP contribution in [0.15, 0.2) is 0 Å². The summed E-state index contributed by atoms with van der Waals surface area (Å²) < 4.78 is 0. The summed E-state index contributed by atoms with van der Waals surface area (Å²) in [6.07, 6.45) is 5.51. The molecule has 1 fully saturated rings. The quantitative estimate of drug-likeness (QED) is 0.706. The molecule has 0 bridgehead atoms. The Labute approximate surface area is 83.3 Å². The molecule has 1 aliphatic carbocycles. The lowest BCUT2D eigenvalue weighted by Crippen LogP contribution is -2.42. The summed E-state index contributed by atoms with van der Waals surface area (Å²) >= 11 is 0. The molecule has 0 aromatic carbocycles. The fraction of sp³-hybridized carbons (Fsp3) is 1.00. The van der Waals surface area contributed by atoms with E-state index in [1.807, 2.05) is 0 Å². The van der Waals surface area contributed by atoms with Gasteiger partial charge in [-0.25, -0.2) is 0 Å². The first-order valence-electron chi connectivity index (χ1n) is 5.88.